The summed E-state index contributed by atoms with van der Waals surface area (Å²) in [6, 6.07) is 15.1. The first-order valence-corrected chi connectivity index (χ1v) is 8.82. The van der Waals surface area contributed by atoms with Crippen molar-refractivity contribution in [3.63, 3.8) is 0 Å². The summed E-state index contributed by atoms with van der Waals surface area (Å²) < 4.78 is 2.02. The van der Waals surface area contributed by atoms with Crippen molar-refractivity contribution in [1.82, 2.24) is 9.47 Å². The van der Waals surface area contributed by atoms with Crippen LogP contribution in [0.15, 0.2) is 60.1 Å². The van der Waals surface area contributed by atoms with E-state index in [2.05, 4.69) is 5.32 Å². The summed E-state index contributed by atoms with van der Waals surface area (Å²) in [5, 5.41) is 5.45. The van der Waals surface area contributed by atoms with Gasteiger partial charge in [-0.25, -0.2) is 4.79 Å². The van der Waals surface area contributed by atoms with Gasteiger partial charge in [-0.15, -0.1) is 11.3 Å². The Morgan fingerprint density at radius 1 is 1.17 bits per heavy atom. The number of carbonyl (C=O) groups is 1. The molecule has 0 saturated heterocycles. The van der Waals surface area contributed by atoms with Crippen LogP contribution in [0.4, 0.5) is 10.5 Å². The molecule has 2 aromatic heterocycles. The number of amides is 2. The van der Waals surface area contributed by atoms with E-state index in [0.29, 0.717) is 23.8 Å². The summed E-state index contributed by atoms with van der Waals surface area (Å²) in [4.78, 5) is 15.7. The van der Waals surface area contributed by atoms with Crippen molar-refractivity contribution < 1.29 is 4.79 Å². The molecule has 24 heavy (non-hydrogen) atoms. The zero-order chi connectivity index (χ0) is 16.9. The highest BCUT2D eigenvalue weighted by atomic mass is 35.5. The average molecular weight is 360 g/mol. The molecular weight excluding hydrogens is 342 g/mol. The standard InChI is InChI=1S/C18H18ClN3OS/c1-21-10-4-6-14(21)12-22(13-15-7-5-11-24-15)18(23)20-17-9-3-2-8-16(17)19/h2-11H,12-13H2,1H3,(H,20,23). The molecule has 0 spiro atoms. The largest absolute Gasteiger partial charge is 0.353 e. The zero-order valence-electron chi connectivity index (χ0n) is 13.3. The number of urea groups is 1. The number of carbonyl (C=O) groups excluding carboxylic acids is 1. The molecule has 0 atom stereocenters. The summed E-state index contributed by atoms with van der Waals surface area (Å²) in [6.45, 7) is 1.08. The van der Waals surface area contributed by atoms with Gasteiger partial charge >= 0.3 is 6.03 Å². The van der Waals surface area contributed by atoms with E-state index in [0.717, 1.165) is 10.6 Å². The number of aryl methyl sites for hydroxylation is 1. The number of hydrogen-bond donors (Lipinski definition) is 1. The van der Waals surface area contributed by atoms with Gasteiger partial charge in [-0.1, -0.05) is 29.8 Å². The molecule has 0 fully saturated rings. The van der Waals surface area contributed by atoms with Crippen LogP contribution < -0.4 is 5.32 Å². The van der Waals surface area contributed by atoms with Gasteiger partial charge in [-0.05, 0) is 35.7 Å². The van der Waals surface area contributed by atoms with E-state index in [-0.39, 0.29) is 6.03 Å². The van der Waals surface area contributed by atoms with E-state index in [9.17, 15) is 4.79 Å². The third-order valence-corrected chi connectivity index (χ3v) is 4.92. The number of rotatable bonds is 5. The van der Waals surface area contributed by atoms with Gasteiger partial charge in [0.2, 0.25) is 0 Å². The second kappa shape index (κ2) is 7.55. The molecule has 0 aliphatic carbocycles. The Morgan fingerprint density at radius 3 is 2.67 bits per heavy atom. The lowest BCUT2D eigenvalue weighted by Crippen LogP contribution is -2.34. The van der Waals surface area contributed by atoms with Gasteiger partial charge in [-0.2, -0.15) is 0 Å². The van der Waals surface area contributed by atoms with Gasteiger partial charge in [0.1, 0.15) is 0 Å². The van der Waals surface area contributed by atoms with Gasteiger partial charge < -0.3 is 14.8 Å². The fourth-order valence-electron chi connectivity index (χ4n) is 2.40. The molecule has 0 unspecified atom stereocenters. The minimum Gasteiger partial charge on any atom is -0.353 e. The maximum absolute atomic E-state index is 12.8. The van der Waals surface area contributed by atoms with Crippen LogP contribution in [-0.2, 0) is 20.1 Å². The number of nitrogens with zero attached hydrogens (tertiary/aromatic N) is 2. The lowest BCUT2D eigenvalue weighted by atomic mass is 10.3. The van der Waals surface area contributed by atoms with Crippen molar-refractivity contribution in [3.05, 3.63) is 75.7 Å². The number of halogens is 1. The average Bonchev–Trinajstić information content (AvgIpc) is 3.21. The number of nitrogens with one attached hydrogen (secondary N) is 1. The highest BCUT2D eigenvalue weighted by Crippen LogP contribution is 2.22. The summed E-state index contributed by atoms with van der Waals surface area (Å²) >= 11 is 7.79. The Balaban J connectivity index is 1.79. The quantitative estimate of drug-likeness (QED) is 0.685. The Morgan fingerprint density at radius 2 is 2.00 bits per heavy atom. The molecule has 3 rings (SSSR count). The SMILES string of the molecule is Cn1cccc1CN(Cc1cccs1)C(=O)Nc1ccccc1Cl. The normalized spacial score (nSPS) is 10.6. The van der Waals surface area contributed by atoms with Crippen molar-refractivity contribution >= 4 is 34.7 Å². The maximum Gasteiger partial charge on any atom is 0.322 e. The third-order valence-electron chi connectivity index (χ3n) is 3.73. The van der Waals surface area contributed by atoms with Crippen LogP contribution in [0, 0.1) is 0 Å². The fourth-order valence-corrected chi connectivity index (χ4v) is 3.31. The molecular formula is C18H18ClN3OS. The first-order chi connectivity index (χ1) is 11.6. The zero-order valence-corrected chi connectivity index (χ0v) is 14.8. The van der Waals surface area contributed by atoms with Crippen LogP contribution in [0.1, 0.15) is 10.6 Å². The molecule has 4 nitrogen and oxygen atoms in total. The van der Waals surface area contributed by atoms with Crippen molar-refractivity contribution in [1.29, 1.82) is 0 Å². The molecule has 3 aromatic rings. The van der Waals surface area contributed by atoms with Gasteiger partial charge in [-0.3, -0.25) is 0 Å². The summed E-state index contributed by atoms with van der Waals surface area (Å²) in [5.41, 5.74) is 1.69. The van der Waals surface area contributed by atoms with E-state index in [1.165, 1.54) is 0 Å². The van der Waals surface area contributed by atoms with E-state index in [1.807, 2.05) is 59.6 Å². The maximum atomic E-state index is 12.8. The molecule has 2 heterocycles. The minimum absolute atomic E-state index is 0.169. The first-order valence-electron chi connectivity index (χ1n) is 7.56. The molecule has 0 aliphatic heterocycles. The number of anilines is 1. The van der Waals surface area contributed by atoms with E-state index in [1.54, 1.807) is 28.4 Å². The summed E-state index contributed by atoms with van der Waals surface area (Å²) in [7, 11) is 1.98. The Hall–Kier alpha value is -2.24. The topological polar surface area (TPSA) is 37.3 Å². The van der Waals surface area contributed by atoms with E-state index in [4.69, 9.17) is 11.6 Å². The van der Waals surface area contributed by atoms with Crippen LogP contribution in [0.3, 0.4) is 0 Å². The Kier molecular flexibility index (Phi) is 5.23. The van der Waals surface area contributed by atoms with Gasteiger partial charge in [0.25, 0.3) is 0 Å². The molecule has 0 aliphatic rings. The lowest BCUT2D eigenvalue weighted by Gasteiger charge is -2.23. The monoisotopic (exact) mass is 359 g/mol. The van der Waals surface area contributed by atoms with Crippen LogP contribution >= 0.6 is 22.9 Å². The highest BCUT2D eigenvalue weighted by Gasteiger charge is 2.17. The molecule has 1 aromatic carbocycles. The molecule has 0 saturated carbocycles. The summed E-state index contributed by atoms with van der Waals surface area (Å²) in [6.07, 6.45) is 1.98. The van der Waals surface area contributed by atoms with Crippen LogP contribution in [-0.4, -0.2) is 15.5 Å². The van der Waals surface area contributed by atoms with Crippen molar-refractivity contribution in [2.24, 2.45) is 7.05 Å². The fraction of sp³-hybridized carbons (Fsp3) is 0.167. The third kappa shape index (κ3) is 3.99. The first kappa shape index (κ1) is 16.6. The predicted octanol–water partition coefficient (Wildman–Crippen LogP) is 4.97. The van der Waals surface area contributed by atoms with Crippen molar-refractivity contribution in [2.45, 2.75) is 13.1 Å². The van der Waals surface area contributed by atoms with Crippen LogP contribution in [0.5, 0.6) is 0 Å². The summed E-state index contributed by atoms with van der Waals surface area (Å²) in [5.74, 6) is 0. The molecule has 6 heteroatoms. The molecule has 0 bridgehead atoms. The lowest BCUT2D eigenvalue weighted by molar-refractivity contribution is 0.205. The molecule has 1 N–H and O–H groups in total. The van der Waals surface area contributed by atoms with Crippen LogP contribution in [0.2, 0.25) is 5.02 Å². The molecule has 0 radical (unpaired) electrons. The number of para-hydroxylation sites is 1. The number of hydrogen-bond acceptors (Lipinski definition) is 2. The van der Waals surface area contributed by atoms with Crippen molar-refractivity contribution in [3.8, 4) is 0 Å². The molecule has 2 amide bonds. The minimum atomic E-state index is -0.169. The van der Waals surface area contributed by atoms with Gasteiger partial charge in [0.05, 0.1) is 23.8 Å². The number of thiophene rings is 1. The smallest absolute Gasteiger partial charge is 0.322 e. The highest BCUT2D eigenvalue weighted by molar-refractivity contribution is 7.09. The van der Waals surface area contributed by atoms with E-state index >= 15 is 0 Å². The van der Waals surface area contributed by atoms with Gasteiger partial charge in [0, 0.05) is 23.8 Å². The number of benzene rings is 1. The Labute approximate surface area is 150 Å². The predicted molar refractivity (Wildman–Crippen MR) is 99.4 cm³/mol. The molecule has 124 valence electrons. The van der Waals surface area contributed by atoms with Crippen LogP contribution in [0.25, 0.3) is 0 Å². The van der Waals surface area contributed by atoms with Crippen molar-refractivity contribution in [2.75, 3.05) is 5.32 Å². The number of aromatic nitrogens is 1. The Bertz CT molecular complexity index is 813. The second-order valence-corrected chi connectivity index (χ2v) is 6.90. The second-order valence-electron chi connectivity index (χ2n) is 5.46. The van der Waals surface area contributed by atoms with Gasteiger partial charge in [0.15, 0.2) is 0 Å². The van der Waals surface area contributed by atoms with E-state index < -0.39 is 0 Å².